The van der Waals surface area contributed by atoms with E-state index in [1.54, 1.807) is 6.07 Å². The molecule has 0 atom stereocenters. The van der Waals surface area contributed by atoms with E-state index in [4.69, 9.17) is 26.6 Å². The van der Waals surface area contributed by atoms with Crippen LogP contribution in [0.25, 0.3) is 16.5 Å². The first kappa shape index (κ1) is 70.3. The van der Waals surface area contributed by atoms with Crippen LogP contribution < -0.4 is 5.73 Å². The van der Waals surface area contributed by atoms with Gasteiger partial charge in [0, 0.05) is 30.6 Å². The van der Waals surface area contributed by atoms with Gasteiger partial charge in [-0.1, -0.05) is 41.5 Å². The van der Waals surface area contributed by atoms with Crippen molar-refractivity contribution in [2.24, 2.45) is 10.8 Å². The number of carboxylic acids is 2. The molecule has 0 saturated heterocycles. The average molecular weight is 1160 g/mol. The van der Waals surface area contributed by atoms with Gasteiger partial charge in [0.2, 0.25) is 0 Å². The van der Waals surface area contributed by atoms with E-state index in [1.807, 2.05) is 0 Å². The molecule has 0 spiro atoms. The number of carbonyl (C=O) groups is 2. The summed E-state index contributed by atoms with van der Waals surface area (Å²) in [4.78, 5) is 22.8. The number of aryl methyl sites for hydroxylation is 5. The molecule has 80 heavy (non-hydrogen) atoms. The molecule has 0 aliphatic rings. The van der Waals surface area contributed by atoms with Crippen LogP contribution in [0.5, 0.6) is 0 Å². The summed E-state index contributed by atoms with van der Waals surface area (Å²) in [6.07, 6.45) is 7.87. The van der Waals surface area contributed by atoms with Crippen LogP contribution in [-0.2, 0) is 56.0 Å². The van der Waals surface area contributed by atoms with Crippen LogP contribution in [0.4, 0.5) is 52.7 Å². The van der Waals surface area contributed by atoms with E-state index < -0.39 is 91.9 Å². The maximum absolute atomic E-state index is 12.8. The van der Waals surface area contributed by atoms with Crippen LogP contribution in [-0.4, -0.2) is 68.2 Å². The molecular weight excluding hydrogens is 1100 g/mol. The molecule has 0 fully saturated rings. The third-order valence-electron chi connectivity index (χ3n) is 9.90. The summed E-state index contributed by atoms with van der Waals surface area (Å²) < 4.78 is 176. The third-order valence-corrected chi connectivity index (χ3v) is 10.5. The summed E-state index contributed by atoms with van der Waals surface area (Å²) in [5.41, 5.74) is 16.9. The fourth-order valence-corrected chi connectivity index (χ4v) is 6.41. The predicted molar refractivity (Wildman–Crippen MR) is 275 cm³/mol. The number of carboxylic acid groups (broad SMARTS) is 2. The Bertz CT molecular complexity index is 3020. The van der Waals surface area contributed by atoms with Crippen LogP contribution >= 0.6 is 0 Å². The molecule has 5 N–H and O–H groups in total. The number of aliphatic carboxylic acids is 2. The maximum Gasteiger partial charge on any atom is 0.328 e. The van der Waals surface area contributed by atoms with Crippen molar-refractivity contribution in [2.45, 2.75) is 64.2 Å². The van der Waals surface area contributed by atoms with E-state index in [9.17, 15) is 70.7 Å². The highest BCUT2D eigenvalue weighted by atomic mass is 32.2. The van der Waals surface area contributed by atoms with Gasteiger partial charge in [0.15, 0.2) is 69.8 Å². The van der Waals surface area contributed by atoms with Gasteiger partial charge in [0.05, 0.1) is 12.9 Å². The molecule has 6 aromatic rings. The van der Waals surface area contributed by atoms with E-state index in [0.717, 1.165) is 91.0 Å². The predicted octanol–water partition coefficient (Wildman–Crippen LogP) is 12.9. The Balaban J connectivity index is 0.000000481. The summed E-state index contributed by atoms with van der Waals surface area (Å²) >= 11 is 0. The Kier molecular flexibility index (Phi) is 34.1. The molecule has 12 nitrogen and oxygen atoms in total. The minimum absolute atomic E-state index is 0.0395. The molecule has 0 bridgehead atoms. The van der Waals surface area contributed by atoms with Gasteiger partial charge in [-0.05, 0) is 182 Å². The number of halogens is 12. The molecule has 0 heterocycles. The number of nitrogens with zero attached hydrogens (tertiary/aromatic N) is 3. The average Bonchev–Trinajstić information content (AvgIpc) is 3.40. The lowest BCUT2D eigenvalue weighted by molar-refractivity contribution is -0.137. The quantitative estimate of drug-likeness (QED) is 0.0109. The fraction of sp³-hybridized carbons (Fsp3) is 0.273. The van der Waals surface area contributed by atoms with Crippen molar-refractivity contribution in [2.75, 3.05) is 32.6 Å². The van der Waals surface area contributed by atoms with Gasteiger partial charge < -0.3 is 21.1 Å². The summed E-state index contributed by atoms with van der Waals surface area (Å²) in [5, 5.41) is 28.4. The van der Waals surface area contributed by atoms with Crippen LogP contribution in [0, 0.1) is 69.8 Å². The maximum atomic E-state index is 12.8. The van der Waals surface area contributed by atoms with Gasteiger partial charge >= 0.3 is 11.9 Å². The summed E-state index contributed by atoms with van der Waals surface area (Å²) in [7, 11) is -3.43. The number of nitrogens with two attached hydrogens (primary N) is 1. The molecule has 25 heteroatoms. The van der Waals surface area contributed by atoms with Crippen molar-refractivity contribution in [1.82, 2.24) is 0 Å². The molecule has 6 aromatic carbocycles. The van der Waals surface area contributed by atoms with E-state index in [0.29, 0.717) is 85.9 Å². The zero-order valence-corrected chi connectivity index (χ0v) is 43.5. The Morgan fingerprint density at radius 1 is 0.537 bits per heavy atom. The smallest absolute Gasteiger partial charge is 0.328 e. The van der Waals surface area contributed by atoms with E-state index in [1.165, 1.54) is 42.5 Å². The van der Waals surface area contributed by atoms with Crippen LogP contribution in [0.15, 0.2) is 120 Å². The Hall–Kier alpha value is -7.70. The normalized spacial score (nSPS) is 10.4. The van der Waals surface area contributed by atoms with Crippen LogP contribution in [0.3, 0.4) is 0 Å². The first-order valence-corrected chi connectivity index (χ1v) is 25.5. The molecule has 434 valence electrons. The fourth-order valence-electron chi connectivity index (χ4n) is 5.99. The van der Waals surface area contributed by atoms with Crippen molar-refractivity contribution >= 4 is 28.1 Å². The SMILES string of the molecule is CS(=O)(=O)OCCCc1ccc(F)c(F)c1.NCCCc1ccc(F)c(F)c1.O=C(O)/C=C/c1ccc(F)c(F)c1.O=C(O)CCc1ccc(F)c(F)c1.OCCCc1ccc(F)c(F)c1.[N-]=[N+]=NCCCc1ccc(F)c(F)c1. The lowest BCUT2D eigenvalue weighted by atomic mass is 10.1. The largest absolute Gasteiger partial charge is 0.481 e. The van der Waals surface area contributed by atoms with Crippen molar-refractivity contribution in [1.29, 1.82) is 0 Å². The Morgan fingerprint density at radius 3 is 1.21 bits per heavy atom. The summed E-state index contributed by atoms with van der Waals surface area (Å²) in [6, 6.07) is 21.6. The molecule has 0 aliphatic heterocycles. The van der Waals surface area contributed by atoms with E-state index in [-0.39, 0.29) is 26.1 Å². The molecule has 0 aliphatic carbocycles. The molecule has 6 rings (SSSR count). The molecule has 0 amide bonds. The van der Waals surface area contributed by atoms with Gasteiger partial charge in [0.1, 0.15) is 0 Å². The third kappa shape index (κ3) is 32.3. The minimum atomic E-state index is -3.43. The number of aliphatic hydroxyl groups is 1. The van der Waals surface area contributed by atoms with Gasteiger partial charge in [-0.3, -0.25) is 8.98 Å². The highest BCUT2D eigenvalue weighted by Gasteiger charge is 2.08. The van der Waals surface area contributed by atoms with Crippen molar-refractivity contribution in [3.63, 3.8) is 0 Å². The molecule has 0 unspecified atom stereocenters. The number of azide groups is 1. The van der Waals surface area contributed by atoms with Gasteiger partial charge in [-0.25, -0.2) is 57.5 Å². The number of benzene rings is 6. The second-order valence-corrected chi connectivity index (χ2v) is 18.0. The lowest BCUT2D eigenvalue weighted by Crippen LogP contribution is -2.05. The van der Waals surface area contributed by atoms with Crippen molar-refractivity contribution < 1.29 is 90.2 Å². The van der Waals surface area contributed by atoms with Gasteiger partial charge in [0.25, 0.3) is 10.1 Å². The zero-order chi connectivity index (χ0) is 60.2. The molecule has 0 aromatic heterocycles. The lowest BCUT2D eigenvalue weighted by Gasteiger charge is -2.02. The first-order valence-electron chi connectivity index (χ1n) is 23.7. The van der Waals surface area contributed by atoms with Gasteiger partial charge in [-0.2, -0.15) is 8.42 Å². The Morgan fingerprint density at radius 2 is 0.887 bits per heavy atom. The van der Waals surface area contributed by atoms with Crippen LogP contribution in [0.2, 0.25) is 0 Å². The highest BCUT2D eigenvalue weighted by molar-refractivity contribution is 7.85. The number of aliphatic hydroxyl groups excluding tert-OH is 1. The topological polar surface area (TPSA) is 213 Å². The molecule has 0 saturated carbocycles. The second-order valence-electron chi connectivity index (χ2n) is 16.4. The highest BCUT2D eigenvalue weighted by Crippen LogP contribution is 2.15. The summed E-state index contributed by atoms with van der Waals surface area (Å²) in [5.74, 6) is -12.6. The standard InChI is InChI=1S/C10H12F2O3S.C9H9F2N3.C9H11F2N.C9H8F2O2.C9H6F2O2.C9H10F2O/c1-16(13,14)15-6-2-3-8-4-5-9(11)10(12)7-8;10-8-4-3-7(6-9(8)11)2-1-5-13-14-12;10-8-4-3-7(2-1-5-12)6-9(8)11;2*10-7-3-1-6(5-8(7)11)2-4-9(12)13;10-8-4-3-7(2-1-5-12)6-9(8)11/h4-5,7H,2-3,6H2,1H3;3-4,6H,1-2,5H2;3-4,6H,1-2,5,12H2;1,3,5H,2,4H2,(H,12,13);1-5H,(H,12,13);3-4,6,12H,1-2,5H2/b;;;;4-2+;. The number of hydrogen-bond donors (Lipinski definition) is 4. The van der Waals surface area contributed by atoms with Crippen molar-refractivity contribution in [3.05, 3.63) is 229 Å². The minimum Gasteiger partial charge on any atom is -0.481 e. The first-order chi connectivity index (χ1) is 37.8. The van der Waals surface area contributed by atoms with Crippen molar-refractivity contribution in [3.8, 4) is 0 Å². The summed E-state index contributed by atoms with van der Waals surface area (Å²) in [6.45, 7) is 1.05. The van der Waals surface area contributed by atoms with E-state index in [2.05, 4.69) is 14.2 Å². The number of rotatable bonds is 20. The molecular formula is C55H56F12N4O8S. The van der Waals surface area contributed by atoms with Crippen LogP contribution in [0.1, 0.15) is 65.5 Å². The number of hydrogen-bond acceptors (Lipinski definition) is 8. The second kappa shape index (κ2) is 38.8. The van der Waals surface area contributed by atoms with E-state index >= 15 is 0 Å². The Labute approximate surface area is 453 Å². The zero-order valence-electron chi connectivity index (χ0n) is 42.7. The van der Waals surface area contributed by atoms with Gasteiger partial charge in [-0.15, -0.1) is 0 Å². The monoisotopic (exact) mass is 1160 g/mol. The molecule has 0 radical (unpaired) electrons.